The summed E-state index contributed by atoms with van der Waals surface area (Å²) in [5, 5.41) is 2.40. The molecular weight excluding hydrogens is 238 g/mol. The van der Waals surface area contributed by atoms with Crippen LogP contribution in [0, 0.1) is 0 Å². The number of benzene rings is 2. The van der Waals surface area contributed by atoms with Gasteiger partial charge in [0.25, 0.3) is 0 Å². The smallest absolute Gasteiger partial charge is 0.254 e. The maximum absolute atomic E-state index is 9.67. The standard InChI is InChI=1S/C13H9N.BF3/c1-3-7-12-10(5-1)9-11-6-2-4-8-13(11)14-12;2-1(3)4/h1-9H;. The van der Waals surface area contributed by atoms with E-state index < -0.39 is 7.54 Å². The van der Waals surface area contributed by atoms with Crippen LogP contribution in [-0.2, 0) is 0 Å². The number of halogens is 3. The van der Waals surface area contributed by atoms with Gasteiger partial charge in [0.2, 0.25) is 0 Å². The molecule has 18 heavy (non-hydrogen) atoms. The molecule has 0 amide bonds. The van der Waals surface area contributed by atoms with E-state index in [-0.39, 0.29) is 0 Å². The molecule has 0 atom stereocenters. The number of rotatable bonds is 0. The van der Waals surface area contributed by atoms with Crippen molar-refractivity contribution in [3.63, 3.8) is 0 Å². The van der Waals surface area contributed by atoms with Gasteiger partial charge in [0.15, 0.2) is 0 Å². The minimum atomic E-state index is -3.67. The van der Waals surface area contributed by atoms with Crippen molar-refractivity contribution in [1.82, 2.24) is 4.98 Å². The van der Waals surface area contributed by atoms with Gasteiger partial charge in [-0.15, -0.1) is 0 Å². The third-order valence-corrected chi connectivity index (χ3v) is 2.43. The first-order valence-corrected chi connectivity index (χ1v) is 5.33. The van der Waals surface area contributed by atoms with Gasteiger partial charge in [-0.3, -0.25) is 12.9 Å². The number of pyridine rings is 1. The Bertz CT molecular complexity index is 550. The molecule has 90 valence electrons. The molecular formula is C13H9BF3N. The zero-order valence-electron chi connectivity index (χ0n) is 9.35. The van der Waals surface area contributed by atoms with Crippen molar-refractivity contribution in [3.05, 3.63) is 54.6 Å². The molecule has 0 radical (unpaired) electrons. The van der Waals surface area contributed by atoms with Crippen LogP contribution in [0.5, 0.6) is 0 Å². The Labute approximate surface area is 102 Å². The Morgan fingerprint density at radius 3 is 1.56 bits per heavy atom. The van der Waals surface area contributed by atoms with E-state index in [0.717, 1.165) is 11.0 Å². The molecule has 3 rings (SSSR count). The van der Waals surface area contributed by atoms with Gasteiger partial charge >= 0.3 is 7.54 Å². The second-order valence-corrected chi connectivity index (χ2v) is 3.62. The van der Waals surface area contributed by atoms with Crippen molar-refractivity contribution >= 4 is 29.3 Å². The van der Waals surface area contributed by atoms with Crippen molar-refractivity contribution in [2.45, 2.75) is 0 Å². The third kappa shape index (κ3) is 3.00. The van der Waals surface area contributed by atoms with E-state index >= 15 is 0 Å². The number of fused-ring (bicyclic) bond motifs is 2. The lowest BCUT2D eigenvalue weighted by atomic mass is 10.1. The first-order chi connectivity index (χ1) is 8.66. The minimum Gasteiger partial charge on any atom is -0.254 e. The fraction of sp³-hybridized carbons (Fsp3) is 0. The Kier molecular flexibility index (Phi) is 3.82. The highest BCUT2D eigenvalue weighted by Gasteiger charge is 2.06. The quantitative estimate of drug-likeness (QED) is 0.427. The van der Waals surface area contributed by atoms with E-state index in [1.165, 1.54) is 10.8 Å². The highest BCUT2D eigenvalue weighted by Crippen LogP contribution is 2.18. The van der Waals surface area contributed by atoms with Crippen molar-refractivity contribution in [2.24, 2.45) is 0 Å². The topological polar surface area (TPSA) is 12.9 Å². The second kappa shape index (κ2) is 5.53. The van der Waals surface area contributed by atoms with Gasteiger partial charge in [-0.05, 0) is 18.2 Å². The lowest BCUT2D eigenvalue weighted by Gasteiger charge is -1.99. The van der Waals surface area contributed by atoms with Gasteiger partial charge in [-0.1, -0.05) is 36.4 Å². The number of para-hydroxylation sites is 2. The van der Waals surface area contributed by atoms with Crippen molar-refractivity contribution < 1.29 is 12.9 Å². The summed E-state index contributed by atoms with van der Waals surface area (Å²) in [4.78, 5) is 4.58. The number of aromatic nitrogens is 1. The summed E-state index contributed by atoms with van der Waals surface area (Å²) >= 11 is 0. The molecule has 0 spiro atoms. The van der Waals surface area contributed by atoms with Crippen LogP contribution in [0.25, 0.3) is 21.8 Å². The lowest BCUT2D eigenvalue weighted by Crippen LogP contribution is -1.80. The molecule has 0 fully saturated rings. The van der Waals surface area contributed by atoms with Crippen molar-refractivity contribution in [1.29, 1.82) is 0 Å². The van der Waals surface area contributed by atoms with Crippen LogP contribution < -0.4 is 0 Å². The molecule has 0 unspecified atom stereocenters. The highest BCUT2D eigenvalue weighted by molar-refractivity contribution is 6.33. The molecule has 2 aromatic carbocycles. The Morgan fingerprint density at radius 1 is 0.722 bits per heavy atom. The van der Waals surface area contributed by atoms with Crippen LogP contribution in [0.15, 0.2) is 54.6 Å². The van der Waals surface area contributed by atoms with Gasteiger partial charge in [0.1, 0.15) is 0 Å². The predicted octanol–water partition coefficient (Wildman–Crippen LogP) is 4.27. The Hall–Kier alpha value is -2.04. The summed E-state index contributed by atoms with van der Waals surface area (Å²) in [5.74, 6) is 0. The summed E-state index contributed by atoms with van der Waals surface area (Å²) in [7, 11) is -3.67. The molecule has 0 aliphatic heterocycles. The molecule has 0 N–H and O–H groups in total. The maximum atomic E-state index is 9.67. The van der Waals surface area contributed by atoms with E-state index in [2.05, 4.69) is 23.2 Å². The van der Waals surface area contributed by atoms with Crippen LogP contribution in [0.4, 0.5) is 12.9 Å². The molecule has 0 saturated carbocycles. The van der Waals surface area contributed by atoms with Crippen LogP contribution in [0.1, 0.15) is 0 Å². The van der Waals surface area contributed by atoms with Crippen LogP contribution in [-0.4, -0.2) is 12.5 Å². The Morgan fingerprint density at radius 2 is 1.11 bits per heavy atom. The van der Waals surface area contributed by atoms with Crippen LogP contribution in [0.3, 0.4) is 0 Å². The lowest BCUT2D eigenvalue weighted by molar-refractivity contribution is 0.535. The summed E-state index contributed by atoms with van der Waals surface area (Å²) in [6.07, 6.45) is 0. The zero-order valence-corrected chi connectivity index (χ0v) is 9.35. The Balaban J connectivity index is 0.000000267. The van der Waals surface area contributed by atoms with E-state index in [0.29, 0.717) is 0 Å². The number of hydrogen-bond donors (Lipinski definition) is 0. The maximum Gasteiger partial charge on any atom is 0.762 e. The van der Waals surface area contributed by atoms with E-state index in [1.807, 2.05) is 36.4 Å². The fourth-order valence-electron chi connectivity index (χ4n) is 1.72. The van der Waals surface area contributed by atoms with Gasteiger partial charge < -0.3 is 0 Å². The molecule has 0 bridgehead atoms. The van der Waals surface area contributed by atoms with Gasteiger partial charge in [-0.25, -0.2) is 4.98 Å². The van der Waals surface area contributed by atoms with E-state index in [4.69, 9.17) is 0 Å². The molecule has 1 heterocycles. The molecule has 5 heteroatoms. The molecule has 0 saturated heterocycles. The SMILES string of the molecule is FB(F)F.c1ccc2nc3ccccc3cc2c1. The fourth-order valence-corrected chi connectivity index (χ4v) is 1.72. The molecule has 1 nitrogen and oxygen atoms in total. The summed E-state index contributed by atoms with van der Waals surface area (Å²) in [6, 6.07) is 18.6. The van der Waals surface area contributed by atoms with Crippen LogP contribution >= 0.6 is 0 Å². The van der Waals surface area contributed by atoms with Gasteiger partial charge in [0, 0.05) is 10.8 Å². The number of nitrogens with zero attached hydrogens (tertiary/aromatic N) is 1. The first-order valence-electron chi connectivity index (χ1n) is 5.33. The van der Waals surface area contributed by atoms with Gasteiger partial charge in [-0.2, -0.15) is 0 Å². The summed E-state index contributed by atoms with van der Waals surface area (Å²) < 4.78 is 29.0. The number of hydrogen-bond acceptors (Lipinski definition) is 1. The third-order valence-electron chi connectivity index (χ3n) is 2.43. The monoisotopic (exact) mass is 247 g/mol. The van der Waals surface area contributed by atoms with Crippen LogP contribution in [0.2, 0.25) is 0 Å². The van der Waals surface area contributed by atoms with Crippen molar-refractivity contribution in [3.8, 4) is 0 Å². The molecule has 1 aromatic heterocycles. The average Bonchev–Trinajstić information content (AvgIpc) is 2.35. The molecule has 0 aliphatic rings. The summed E-state index contributed by atoms with van der Waals surface area (Å²) in [5.41, 5.74) is 2.12. The van der Waals surface area contributed by atoms with Crippen molar-refractivity contribution in [2.75, 3.05) is 0 Å². The first kappa shape index (κ1) is 12.4. The highest BCUT2D eigenvalue weighted by atomic mass is 19.4. The largest absolute Gasteiger partial charge is 0.762 e. The van der Waals surface area contributed by atoms with E-state index in [9.17, 15) is 12.9 Å². The normalized spacial score (nSPS) is 9.94. The van der Waals surface area contributed by atoms with E-state index in [1.54, 1.807) is 0 Å². The minimum absolute atomic E-state index is 1.06. The molecule has 3 aromatic rings. The zero-order chi connectivity index (χ0) is 13.0. The van der Waals surface area contributed by atoms with Gasteiger partial charge in [0.05, 0.1) is 11.0 Å². The second-order valence-electron chi connectivity index (χ2n) is 3.62. The molecule has 0 aliphatic carbocycles. The average molecular weight is 247 g/mol. The summed E-state index contributed by atoms with van der Waals surface area (Å²) in [6.45, 7) is 0. The predicted molar refractivity (Wildman–Crippen MR) is 68.3 cm³/mol.